The summed E-state index contributed by atoms with van der Waals surface area (Å²) in [6, 6.07) is 6.81. The molecule has 3 aromatic rings. The van der Waals surface area contributed by atoms with Gasteiger partial charge in [-0.05, 0) is 30.5 Å². The molecular weight excluding hydrogens is 434 g/mol. The summed E-state index contributed by atoms with van der Waals surface area (Å²) in [4.78, 5) is 4.17. The van der Waals surface area contributed by atoms with Gasteiger partial charge in [0.15, 0.2) is 0 Å². The Kier molecular flexibility index (Phi) is 4.94. The van der Waals surface area contributed by atoms with Gasteiger partial charge in [0, 0.05) is 10.4 Å². The van der Waals surface area contributed by atoms with Gasteiger partial charge in [0.1, 0.15) is 15.4 Å². The molecule has 0 unspecified atom stereocenters. The van der Waals surface area contributed by atoms with Crippen molar-refractivity contribution in [2.75, 3.05) is 0 Å². The van der Waals surface area contributed by atoms with E-state index in [1.54, 1.807) is 24.3 Å². The molecule has 12 heteroatoms. The molecule has 1 aliphatic rings. The number of benzene rings is 1. The van der Waals surface area contributed by atoms with Gasteiger partial charge in [0.2, 0.25) is 10.0 Å². The van der Waals surface area contributed by atoms with Gasteiger partial charge in [-0.1, -0.05) is 23.7 Å². The van der Waals surface area contributed by atoms with Crippen LogP contribution in [-0.4, -0.2) is 23.6 Å². The van der Waals surface area contributed by atoms with Gasteiger partial charge in [-0.15, -0.1) is 21.5 Å². The van der Waals surface area contributed by atoms with Crippen LogP contribution in [0.5, 0.6) is 0 Å². The highest BCUT2D eigenvalue weighted by Gasteiger charge is 2.55. The molecule has 0 amide bonds. The number of rotatable bonds is 7. The molecule has 148 valence electrons. The molecule has 7 nitrogen and oxygen atoms in total. The van der Waals surface area contributed by atoms with Crippen molar-refractivity contribution < 1.29 is 21.6 Å². The normalized spacial score (nSPS) is 15.9. The molecule has 0 atom stereocenters. The van der Waals surface area contributed by atoms with Crippen LogP contribution < -0.4 is 4.72 Å². The highest BCUT2D eigenvalue weighted by molar-refractivity contribution is 7.90. The quantitative estimate of drug-likeness (QED) is 0.591. The second-order valence-corrected chi connectivity index (χ2v) is 9.66. The number of halogens is 3. The van der Waals surface area contributed by atoms with Crippen LogP contribution in [0.2, 0.25) is 5.02 Å². The van der Waals surface area contributed by atoms with Crippen LogP contribution in [0.25, 0.3) is 11.6 Å². The van der Waals surface area contributed by atoms with Crippen LogP contribution >= 0.6 is 22.9 Å². The highest BCUT2D eigenvalue weighted by atomic mass is 35.5. The lowest BCUT2D eigenvalue weighted by Gasteiger charge is -2.17. The Balaban J connectivity index is 1.48. The Morgan fingerprint density at radius 3 is 2.75 bits per heavy atom. The summed E-state index contributed by atoms with van der Waals surface area (Å²) in [5.41, 5.74) is 0.868. The first-order valence-electron chi connectivity index (χ1n) is 8.12. The van der Waals surface area contributed by atoms with E-state index in [1.807, 2.05) is 0 Å². The number of aromatic nitrogens is 3. The molecule has 0 aliphatic heterocycles. The lowest BCUT2D eigenvalue weighted by atomic mass is 10.1. The number of sulfonamides is 1. The summed E-state index contributed by atoms with van der Waals surface area (Å²) < 4.78 is 57.2. The summed E-state index contributed by atoms with van der Waals surface area (Å²) in [6.07, 6.45) is -1.86. The van der Waals surface area contributed by atoms with Gasteiger partial charge in [0.25, 0.3) is 11.8 Å². The Morgan fingerprint density at radius 1 is 1.32 bits per heavy atom. The maximum absolute atomic E-state index is 12.9. The van der Waals surface area contributed by atoms with Crippen LogP contribution in [-0.2, 0) is 21.3 Å². The Morgan fingerprint density at radius 2 is 2.11 bits per heavy atom. The predicted molar refractivity (Wildman–Crippen MR) is 98.5 cm³/mol. The van der Waals surface area contributed by atoms with E-state index in [1.165, 1.54) is 5.38 Å². The Bertz CT molecular complexity index is 1110. The molecule has 0 saturated heterocycles. The van der Waals surface area contributed by atoms with E-state index >= 15 is 0 Å². The van der Waals surface area contributed by atoms with Gasteiger partial charge in [-0.25, -0.2) is 18.1 Å². The maximum Gasteiger partial charge on any atom is 0.314 e. The van der Waals surface area contributed by atoms with E-state index in [-0.39, 0.29) is 18.1 Å². The molecule has 2 aromatic heterocycles. The first-order chi connectivity index (χ1) is 13.3. The number of hydrogen-bond acceptors (Lipinski definition) is 7. The topological polar surface area (TPSA) is 98.0 Å². The minimum atomic E-state index is -3.67. The van der Waals surface area contributed by atoms with Crippen LogP contribution in [0.15, 0.2) is 34.1 Å². The zero-order valence-corrected chi connectivity index (χ0v) is 16.5. The van der Waals surface area contributed by atoms with Crippen molar-refractivity contribution in [2.45, 2.75) is 30.6 Å². The molecule has 4 rings (SSSR count). The molecule has 0 spiro atoms. The van der Waals surface area contributed by atoms with E-state index in [0.717, 1.165) is 11.3 Å². The summed E-state index contributed by atoms with van der Waals surface area (Å²) in [5.74, 6) is -0.930. The molecule has 1 saturated carbocycles. The van der Waals surface area contributed by atoms with Crippen LogP contribution in [0.3, 0.4) is 0 Å². The van der Waals surface area contributed by atoms with Crippen molar-refractivity contribution in [1.82, 2.24) is 19.9 Å². The van der Waals surface area contributed by atoms with Crippen LogP contribution in [0.1, 0.15) is 35.7 Å². The number of thiazole rings is 1. The summed E-state index contributed by atoms with van der Waals surface area (Å²) in [7, 11) is -3.67. The number of alkyl halides is 2. The molecule has 2 heterocycles. The van der Waals surface area contributed by atoms with Gasteiger partial charge in [-0.3, -0.25) is 0 Å². The van der Waals surface area contributed by atoms with E-state index in [4.69, 9.17) is 16.0 Å². The van der Waals surface area contributed by atoms with Gasteiger partial charge in [0.05, 0.1) is 6.54 Å². The zero-order valence-electron chi connectivity index (χ0n) is 14.1. The largest absolute Gasteiger partial charge is 0.414 e. The lowest BCUT2D eigenvalue weighted by Crippen LogP contribution is -2.34. The minimum Gasteiger partial charge on any atom is -0.414 e. The monoisotopic (exact) mass is 446 g/mol. The summed E-state index contributed by atoms with van der Waals surface area (Å²) in [6.45, 7) is -0.0366. The summed E-state index contributed by atoms with van der Waals surface area (Å²) >= 11 is 7.15. The van der Waals surface area contributed by atoms with Crippen molar-refractivity contribution in [3.05, 3.63) is 51.1 Å². The molecule has 1 fully saturated rings. The van der Waals surface area contributed by atoms with E-state index in [0.29, 0.717) is 28.4 Å². The number of nitrogens with zero attached hydrogens (tertiary/aromatic N) is 3. The standard InChI is InChI=1S/C16H13ClF2N4O3S2/c17-10-3-1-2-9(6-10)16(4-5-16)28(24,25)20-7-12-21-11(8-27-12)14-22-23-15(26-14)13(18)19/h1-3,6,8,13,20H,4-5,7H2. The number of hydrogen-bond donors (Lipinski definition) is 1. The first kappa shape index (κ1) is 19.4. The molecule has 0 radical (unpaired) electrons. The molecule has 1 aliphatic carbocycles. The van der Waals surface area contributed by atoms with Crippen molar-refractivity contribution in [2.24, 2.45) is 0 Å². The maximum atomic E-state index is 12.9. The minimum absolute atomic E-state index is 0.0366. The van der Waals surface area contributed by atoms with Crippen LogP contribution in [0.4, 0.5) is 8.78 Å². The van der Waals surface area contributed by atoms with E-state index in [9.17, 15) is 17.2 Å². The number of nitrogens with one attached hydrogen (secondary N) is 1. The molecule has 1 aromatic carbocycles. The van der Waals surface area contributed by atoms with E-state index < -0.39 is 27.1 Å². The Labute approximate surface area is 167 Å². The lowest BCUT2D eigenvalue weighted by molar-refractivity contribution is 0.116. The third-order valence-corrected chi connectivity index (χ3v) is 7.66. The average Bonchev–Trinajstić information content (AvgIpc) is 3.11. The SMILES string of the molecule is O=S(=O)(NCc1nc(-c2nnc(C(F)F)o2)cs1)C1(c2cccc(Cl)c2)CC1. The van der Waals surface area contributed by atoms with Crippen molar-refractivity contribution in [3.8, 4) is 11.6 Å². The third-order valence-electron chi connectivity index (χ3n) is 4.38. The van der Waals surface area contributed by atoms with Gasteiger partial charge >= 0.3 is 6.43 Å². The second kappa shape index (κ2) is 7.14. The van der Waals surface area contributed by atoms with Gasteiger partial charge in [-0.2, -0.15) is 8.78 Å². The fourth-order valence-corrected chi connectivity index (χ4v) is 5.48. The highest BCUT2D eigenvalue weighted by Crippen LogP contribution is 2.52. The fraction of sp³-hybridized carbons (Fsp3) is 0.312. The average molecular weight is 447 g/mol. The predicted octanol–water partition coefficient (Wildman–Crippen LogP) is 3.89. The molecular formula is C16H13ClF2N4O3S2. The van der Waals surface area contributed by atoms with E-state index in [2.05, 4.69) is 19.9 Å². The molecule has 0 bridgehead atoms. The Hall–Kier alpha value is -1.95. The van der Waals surface area contributed by atoms with Gasteiger partial charge < -0.3 is 4.42 Å². The molecule has 1 N–H and O–H groups in total. The second-order valence-electron chi connectivity index (χ2n) is 6.20. The van der Waals surface area contributed by atoms with Crippen LogP contribution in [0, 0.1) is 0 Å². The third kappa shape index (κ3) is 3.54. The smallest absolute Gasteiger partial charge is 0.314 e. The zero-order chi connectivity index (χ0) is 19.9. The van der Waals surface area contributed by atoms with Crippen molar-refractivity contribution in [3.63, 3.8) is 0 Å². The summed E-state index contributed by atoms with van der Waals surface area (Å²) in [5, 5.41) is 9.22. The fourth-order valence-electron chi connectivity index (χ4n) is 2.81. The molecule has 28 heavy (non-hydrogen) atoms. The van der Waals surface area contributed by atoms with Crippen molar-refractivity contribution in [1.29, 1.82) is 0 Å². The van der Waals surface area contributed by atoms with Crippen molar-refractivity contribution >= 4 is 33.0 Å². The first-order valence-corrected chi connectivity index (χ1v) is 10.9.